The van der Waals surface area contributed by atoms with E-state index < -0.39 is 0 Å². The molecule has 0 aromatic carbocycles. The SMILES string of the molecule is CC1CC1(C)CN=O. The maximum atomic E-state index is 9.76. The molecule has 1 aliphatic rings. The van der Waals surface area contributed by atoms with Gasteiger partial charge >= 0.3 is 0 Å². The predicted molar refractivity (Wildman–Crippen MR) is 32.5 cm³/mol. The van der Waals surface area contributed by atoms with Crippen molar-refractivity contribution in [2.45, 2.75) is 20.3 Å². The smallest absolute Gasteiger partial charge is 0.0867 e. The Bertz CT molecular complexity index is 113. The highest BCUT2D eigenvalue weighted by atomic mass is 16.3. The Kier molecular flexibility index (Phi) is 1.10. The molecule has 2 nitrogen and oxygen atoms in total. The van der Waals surface area contributed by atoms with Crippen molar-refractivity contribution in [3.05, 3.63) is 4.91 Å². The van der Waals surface area contributed by atoms with Crippen molar-refractivity contribution in [1.82, 2.24) is 0 Å². The number of hydrogen-bond donors (Lipinski definition) is 0. The molecule has 0 heterocycles. The molecule has 2 unspecified atom stereocenters. The molecule has 46 valence electrons. The van der Waals surface area contributed by atoms with Gasteiger partial charge in [0.2, 0.25) is 0 Å². The minimum absolute atomic E-state index is 0.280. The first-order chi connectivity index (χ1) is 3.69. The van der Waals surface area contributed by atoms with E-state index in [0.717, 1.165) is 5.92 Å². The molecule has 0 saturated heterocycles. The third kappa shape index (κ3) is 0.746. The second-order valence-corrected chi connectivity index (χ2v) is 3.05. The van der Waals surface area contributed by atoms with Gasteiger partial charge in [0.25, 0.3) is 0 Å². The van der Waals surface area contributed by atoms with Crippen molar-refractivity contribution >= 4 is 0 Å². The van der Waals surface area contributed by atoms with Crippen LogP contribution in [0.25, 0.3) is 0 Å². The minimum atomic E-state index is 0.280. The van der Waals surface area contributed by atoms with Crippen molar-refractivity contribution in [2.24, 2.45) is 16.5 Å². The first kappa shape index (κ1) is 5.73. The molecule has 1 saturated carbocycles. The molecule has 0 aliphatic heterocycles. The highest BCUT2D eigenvalue weighted by Crippen LogP contribution is 2.51. The summed E-state index contributed by atoms with van der Waals surface area (Å²) >= 11 is 0. The van der Waals surface area contributed by atoms with Crippen LogP contribution in [0.3, 0.4) is 0 Å². The highest BCUT2D eigenvalue weighted by Gasteiger charge is 2.46. The monoisotopic (exact) mass is 113 g/mol. The summed E-state index contributed by atoms with van der Waals surface area (Å²) in [5.41, 5.74) is 0.280. The molecule has 1 fully saturated rings. The van der Waals surface area contributed by atoms with E-state index in [1.165, 1.54) is 6.42 Å². The molecule has 0 amide bonds. The maximum absolute atomic E-state index is 9.76. The Labute approximate surface area is 49.3 Å². The van der Waals surface area contributed by atoms with Crippen LogP contribution in [0.1, 0.15) is 20.3 Å². The molecule has 8 heavy (non-hydrogen) atoms. The Morgan fingerprint density at radius 1 is 1.88 bits per heavy atom. The van der Waals surface area contributed by atoms with Crippen LogP contribution in [0.2, 0.25) is 0 Å². The van der Waals surface area contributed by atoms with Crippen molar-refractivity contribution < 1.29 is 0 Å². The largest absolute Gasteiger partial charge is 0.151 e. The zero-order chi connectivity index (χ0) is 6.20. The summed E-state index contributed by atoms with van der Waals surface area (Å²) in [6.07, 6.45) is 1.18. The number of hydrogen-bond acceptors (Lipinski definition) is 2. The van der Waals surface area contributed by atoms with Gasteiger partial charge in [0.1, 0.15) is 0 Å². The summed E-state index contributed by atoms with van der Waals surface area (Å²) in [6.45, 7) is 4.78. The normalized spacial score (nSPS) is 44.0. The van der Waals surface area contributed by atoms with Gasteiger partial charge in [0.15, 0.2) is 0 Å². The first-order valence-corrected chi connectivity index (χ1v) is 2.98. The minimum Gasteiger partial charge on any atom is -0.151 e. The molecule has 0 bridgehead atoms. The molecule has 0 aromatic heterocycles. The first-order valence-electron chi connectivity index (χ1n) is 2.98. The lowest BCUT2D eigenvalue weighted by Crippen LogP contribution is -1.99. The van der Waals surface area contributed by atoms with Gasteiger partial charge in [-0.1, -0.05) is 19.0 Å². The molecule has 2 atom stereocenters. The Morgan fingerprint density at radius 2 is 2.38 bits per heavy atom. The molecule has 1 aliphatic carbocycles. The quantitative estimate of drug-likeness (QED) is 0.502. The molecular weight excluding hydrogens is 102 g/mol. The van der Waals surface area contributed by atoms with Crippen LogP contribution < -0.4 is 0 Å². The van der Waals surface area contributed by atoms with E-state index in [2.05, 4.69) is 19.0 Å². The topological polar surface area (TPSA) is 29.4 Å². The molecular formula is C6H11NO. The summed E-state index contributed by atoms with van der Waals surface area (Å²) in [4.78, 5) is 9.76. The van der Waals surface area contributed by atoms with Crippen LogP contribution in [0.15, 0.2) is 5.18 Å². The van der Waals surface area contributed by atoms with Gasteiger partial charge in [-0.25, -0.2) is 0 Å². The van der Waals surface area contributed by atoms with Gasteiger partial charge in [-0.3, -0.25) is 0 Å². The van der Waals surface area contributed by atoms with E-state index in [9.17, 15) is 4.91 Å². The van der Waals surface area contributed by atoms with Gasteiger partial charge in [-0.15, -0.1) is 0 Å². The predicted octanol–water partition coefficient (Wildman–Crippen LogP) is 1.80. The van der Waals surface area contributed by atoms with Crippen LogP contribution in [-0.2, 0) is 0 Å². The fraction of sp³-hybridized carbons (Fsp3) is 1.00. The van der Waals surface area contributed by atoms with Crippen LogP contribution in [0.4, 0.5) is 0 Å². The fourth-order valence-corrected chi connectivity index (χ4v) is 1.01. The van der Waals surface area contributed by atoms with E-state index in [-0.39, 0.29) is 5.41 Å². The highest BCUT2D eigenvalue weighted by molar-refractivity contribution is 4.97. The van der Waals surface area contributed by atoms with E-state index >= 15 is 0 Å². The van der Waals surface area contributed by atoms with Crippen LogP contribution in [0, 0.1) is 16.2 Å². The summed E-state index contributed by atoms with van der Waals surface area (Å²) in [5.74, 6) is 0.722. The maximum Gasteiger partial charge on any atom is 0.0867 e. The molecule has 0 aromatic rings. The second-order valence-electron chi connectivity index (χ2n) is 3.05. The number of rotatable bonds is 2. The average Bonchev–Trinajstić information content (AvgIpc) is 2.16. The van der Waals surface area contributed by atoms with Crippen LogP contribution in [-0.4, -0.2) is 6.54 Å². The lowest BCUT2D eigenvalue weighted by atomic mass is 10.1. The van der Waals surface area contributed by atoms with Gasteiger partial charge in [-0.05, 0) is 17.8 Å². The van der Waals surface area contributed by atoms with E-state index in [4.69, 9.17) is 0 Å². The van der Waals surface area contributed by atoms with E-state index in [1.54, 1.807) is 0 Å². The van der Waals surface area contributed by atoms with Gasteiger partial charge < -0.3 is 0 Å². The molecule has 0 radical (unpaired) electrons. The van der Waals surface area contributed by atoms with Gasteiger partial charge in [0, 0.05) is 0 Å². The number of nitrogens with zero attached hydrogens (tertiary/aromatic N) is 1. The average molecular weight is 113 g/mol. The fourth-order valence-electron chi connectivity index (χ4n) is 1.01. The lowest BCUT2D eigenvalue weighted by Gasteiger charge is -1.98. The van der Waals surface area contributed by atoms with Crippen LogP contribution >= 0.6 is 0 Å². The second kappa shape index (κ2) is 1.54. The van der Waals surface area contributed by atoms with Gasteiger partial charge in [-0.2, -0.15) is 4.91 Å². The standard InChI is InChI=1S/C6H11NO/c1-5-3-6(5,2)4-7-8/h5H,3-4H2,1-2H3. The van der Waals surface area contributed by atoms with Crippen LogP contribution in [0.5, 0.6) is 0 Å². The summed E-state index contributed by atoms with van der Waals surface area (Å²) in [7, 11) is 0. The van der Waals surface area contributed by atoms with Crippen molar-refractivity contribution in [3.63, 3.8) is 0 Å². The molecule has 1 rings (SSSR count). The van der Waals surface area contributed by atoms with Crippen molar-refractivity contribution in [2.75, 3.05) is 6.54 Å². The van der Waals surface area contributed by atoms with Crippen molar-refractivity contribution in [3.8, 4) is 0 Å². The zero-order valence-corrected chi connectivity index (χ0v) is 5.35. The molecule has 0 N–H and O–H groups in total. The molecule has 0 spiro atoms. The van der Waals surface area contributed by atoms with Gasteiger partial charge in [0.05, 0.1) is 6.54 Å². The Hall–Kier alpha value is -0.400. The Balaban J connectivity index is 2.35. The number of nitroso groups, excluding NO2 is 1. The summed E-state index contributed by atoms with van der Waals surface area (Å²) in [6, 6.07) is 0. The Morgan fingerprint density at radius 3 is 2.50 bits per heavy atom. The van der Waals surface area contributed by atoms with Crippen molar-refractivity contribution in [1.29, 1.82) is 0 Å². The lowest BCUT2D eigenvalue weighted by molar-refractivity contribution is 0.534. The summed E-state index contributed by atoms with van der Waals surface area (Å²) < 4.78 is 0. The van der Waals surface area contributed by atoms with E-state index in [0.29, 0.717) is 6.54 Å². The third-order valence-electron chi connectivity index (χ3n) is 2.23. The van der Waals surface area contributed by atoms with E-state index in [1.807, 2.05) is 0 Å². The third-order valence-corrected chi connectivity index (χ3v) is 2.23. The molecule has 2 heteroatoms. The summed E-state index contributed by atoms with van der Waals surface area (Å²) in [5, 5.41) is 2.87. The zero-order valence-electron chi connectivity index (χ0n) is 5.35.